The van der Waals surface area contributed by atoms with Gasteiger partial charge in [0.05, 0.1) is 12.8 Å². The second-order valence-corrected chi connectivity index (χ2v) is 8.19. The van der Waals surface area contributed by atoms with Gasteiger partial charge in [-0.2, -0.15) is 11.8 Å². The number of urea groups is 1. The largest absolute Gasteiger partial charge is 0.467 e. The molecule has 0 bridgehead atoms. The predicted molar refractivity (Wildman–Crippen MR) is 91.8 cm³/mol. The fraction of sp³-hybridized carbons (Fsp3) is 0.588. The highest BCUT2D eigenvalue weighted by Gasteiger charge is 2.52. The van der Waals surface area contributed by atoms with Crippen molar-refractivity contribution in [2.24, 2.45) is 5.92 Å². The van der Waals surface area contributed by atoms with E-state index in [0.717, 1.165) is 17.3 Å². The van der Waals surface area contributed by atoms with E-state index in [9.17, 15) is 14.4 Å². The SMILES string of the molecule is O=C1CC(CN2C(=O)NC3(CCSCC3)C2=O)CN1Cc1ccco1. The first-order chi connectivity index (χ1) is 12.1. The molecule has 1 aromatic rings. The maximum Gasteiger partial charge on any atom is 0.325 e. The summed E-state index contributed by atoms with van der Waals surface area (Å²) < 4.78 is 5.30. The van der Waals surface area contributed by atoms with Gasteiger partial charge in [-0.25, -0.2) is 4.79 Å². The molecule has 0 radical (unpaired) electrons. The van der Waals surface area contributed by atoms with Crippen LogP contribution in [0.5, 0.6) is 0 Å². The standard InChI is InChI=1S/C17H21N3O4S/c21-14-8-12(9-19(14)11-13-2-1-5-24-13)10-20-15(22)17(18-16(20)23)3-6-25-7-4-17/h1-2,5,12H,3-4,6-11H2,(H,18,23). The molecule has 0 aromatic carbocycles. The molecule has 3 aliphatic heterocycles. The number of carbonyl (C=O) groups is 3. The number of imide groups is 1. The minimum absolute atomic E-state index is 0.0229. The lowest BCUT2D eigenvalue weighted by Gasteiger charge is -2.30. The summed E-state index contributed by atoms with van der Waals surface area (Å²) in [6.07, 6.45) is 3.32. The Morgan fingerprint density at radius 2 is 2.08 bits per heavy atom. The van der Waals surface area contributed by atoms with Crippen LogP contribution in [0.4, 0.5) is 4.79 Å². The summed E-state index contributed by atoms with van der Waals surface area (Å²) in [6, 6.07) is 3.32. The minimum atomic E-state index is -0.710. The normalized spacial score (nSPS) is 25.9. The molecule has 1 aromatic heterocycles. The quantitative estimate of drug-likeness (QED) is 0.819. The van der Waals surface area contributed by atoms with Crippen LogP contribution in [0.15, 0.2) is 22.8 Å². The second kappa shape index (κ2) is 6.40. The third-order valence-corrected chi connectivity index (χ3v) is 6.24. The number of likely N-dealkylation sites (tertiary alicyclic amines) is 1. The van der Waals surface area contributed by atoms with Crippen molar-refractivity contribution in [3.05, 3.63) is 24.2 Å². The average Bonchev–Trinajstić information content (AvgIpc) is 3.27. The number of nitrogens with one attached hydrogen (secondary N) is 1. The van der Waals surface area contributed by atoms with Gasteiger partial charge in [-0.15, -0.1) is 0 Å². The van der Waals surface area contributed by atoms with Crippen LogP contribution in [0.2, 0.25) is 0 Å². The molecule has 4 rings (SSSR count). The zero-order chi connectivity index (χ0) is 17.4. The van der Waals surface area contributed by atoms with E-state index in [2.05, 4.69) is 5.32 Å². The Bertz CT molecular complexity index is 684. The second-order valence-electron chi connectivity index (χ2n) is 6.96. The van der Waals surface area contributed by atoms with Gasteiger partial charge in [0.1, 0.15) is 11.3 Å². The van der Waals surface area contributed by atoms with E-state index < -0.39 is 5.54 Å². The number of amides is 4. The molecule has 8 heteroatoms. The molecular formula is C17H21N3O4S. The minimum Gasteiger partial charge on any atom is -0.467 e. The van der Waals surface area contributed by atoms with Crippen molar-refractivity contribution < 1.29 is 18.8 Å². The molecule has 3 fully saturated rings. The monoisotopic (exact) mass is 363 g/mol. The van der Waals surface area contributed by atoms with E-state index in [1.807, 2.05) is 17.8 Å². The third-order valence-electron chi connectivity index (χ3n) is 5.25. The highest BCUT2D eigenvalue weighted by molar-refractivity contribution is 7.99. The molecule has 1 atom stereocenters. The molecule has 134 valence electrons. The number of hydrogen-bond acceptors (Lipinski definition) is 5. The van der Waals surface area contributed by atoms with Gasteiger partial charge in [-0.3, -0.25) is 14.5 Å². The fourth-order valence-electron chi connectivity index (χ4n) is 3.88. The maximum absolute atomic E-state index is 12.8. The van der Waals surface area contributed by atoms with E-state index in [-0.39, 0.29) is 23.8 Å². The topological polar surface area (TPSA) is 82.9 Å². The first-order valence-electron chi connectivity index (χ1n) is 8.59. The van der Waals surface area contributed by atoms with Gasteiger partial charge in [0, 0.05) is 25.4 Å². The van der Waals surface area contributed by atoms with Crippen LogP contribution in [0.3, 0.4) is 0 Å². The van der Waals surface area contributed by atoms with Crippen LogP contribution < -0.4 is 5.32 Å². The summed E-state index contributed by atoms with van der Waals surface area (Å²) in [7, 11) is 0. The van der Waals surface area contributed by atoms with Crippen molar-refractivity contribution in [1.29, 1.82) is 0 Å². The Labute approximate surface area is 150 Å². The third kappa shape index (κ3) is 3.03. The van der Waals surface area contributed by atoms with Crippen molar-refractivity contribution >= 4 is 29.6 Å². The Morgan fingerprint density at radius 1 is 1.28 bits per heavy atom. The molecular weight excluding hydrogens is 342 g/mol. The van der Waals surface area contributed by atoms with E-state index in [4.69, 9.17) is 4.42 Å². The lowest BCUT2D eigenvalue weighted by atomic mass is 9.92. The molecule has 1 unspecified atom stereocenters. The molecule has 0 aliphatic carbocycles. The van der Waals surface area contributed by atoms with Gasteiger partial charge in [0.15, 0.2) is 0 Å². The number of rotatable bonds is 4. The summed E-state index contributed by atoms with van der Waals surface area (Å²) in [4.78, 5) is 40.4. The van der Waals surface area contributed by atoms with Crippen molar-refractivity contribution in [1.82, 2.24) is 15.1 Å². The highest BCUT2D eigenvalue weighted by atomic mass is 32.2. The number of hydrogen-bond donors (Lipinski definition) is 1. The van der Waals surface area contributed by atoms with Crippen molar-refractivity contribution in [2.45, 2.75) is 31.3 Å². The van der Waals surface area contributed by atoms with Crippen LogP contribution in [-0.2, 0) is 16.1 Å². The Morgan fingerprint density at radius 3 is 2.80 bits per heavy atom. The van der Waals surface area contributed by atoms with Crippen LogP contribution in [0.25, 0.3) is 0 Å². The molecule has 25 heavy (non-hydrogen) atoms. The van der Waals surface area contributed by atoms with Gasteiger partial charge < -0.3 is 14.6 Å². The summed E-state index contributed by atoms with van der Waals surface area (Å²) in [5, 5.41) is 2.91. The molecule has 7 nitrogen and oxygen atoms in total. The first-order valence-corrected chi connectivity index (χ1v) is 9.75. The van der Waals surface area contributed by atoms with Gasteiger partial charge in [0.25, 0.3) is 5.91 Å². The molecule has 4 heterocycles. The lowest BCUT2D eigenvalue weighted by Crippen LogP contribution is -2.49. The average molecular weight is 363 g/mol. The predicted octanol–water partition coefficient (Wildman–Crippen LogP) is 1.45. The van der Waals surface area contributed by atoms with E-state index >= 15 is 0 Å². The summed E-state index contributed by atoms with van der Waals surface area (Å²) in [5.74, 6) is 2.41. The number of furan rings is 1. The van der Waals surface area contributed by atoms with Crippen molar-refractivity contribution in [3.8, 4) is 0 Å². The summed E-state index contributed by atoms with van der Waals surface area (Å²) in [5.41, 5.74) is -0.710. The molecule has 1 N–H and O–H groups in total. The van der Waals surface area contributed by atoms with Gasteiger partial charge >= 0.3 is 6.03 Å². The fourth-order valence-corrected chi connectivity index (χ4v) is 5.07. The lowest BCUT2D eigenvalue weighted by molar-refractivity contribution is -0.132. The maximum atomic E-state index is 12.8. The van der Waals surface area contributed by atoms with Crippen LogP contribution in [0.1, 0.15) is 25.0 Å². The number of thioether (sulfide) groups is 1. The molecule has 3 aliphatic rings. The van der Waals surface area contributed by atoms with Crippen LogP contribution in [0, 0.1) is 5.92 Å². The molecule has 4 amide bonds. The smallest absolute Gasteiger partial charge is 0.325 e. The Balaban J connectivity index is 1.40. The zero-order valence-electron chi connectivity index (χ0n) is 13.9. The summed E-state index contributed by atoms with van der Waals surface area (Å²) >= 11 is 1.81. The molecule has 1 spiro atoms. The summed E-state index contributed by atoms with van der Waals surface area (Å²) in [6.45, 7) is 1.28. The van der Waals surface area contributed by atoms with Gasteiger partial charge in [-0.1, -0.05) is 0 Å². The van der Waals surface area contributed by atoms with E-state index in [1.165, 1.54) is 4.90 Å². The molecule has 0 saturated carbocycles. The Hall–Kier alpha value is -1.96. The van der Waals surface area contributed by atoms with Gasteiger partial charge in [-0.05, 0) is 36.5 Å². The number of carbonyl (C=O) groups excluding carboxylic acids is 3. The van der Waals surface area contributed by atoms with Gasteiger partial charge in [0.2, 0.25) is 5.91 Å². The van der Waals surface area contributed by atoms with Crippen molar-refractivity contribution in [2.75, 3.05) is 24.6 Å². The van der Waals surface area contributed by atoms with E-state index in [0.29, 0.717) is 38.9 Å². The number of nitrogens with zero attached hydrogens (tertiary/aromatic N) is 2. The zero-order valence-corrected chi connectivity index (χ0v) is 14.7. The Kier molecular flexibility index (Phi) is 4.23. The van der Waals surface area contributed by atoms with Crippen LogP contribution in [-0.4, -0.2) is 57.8 Å². The van der Waals surface area contributed by atoms with Crippen molar-refractivity contribution in [3.63, 3.8) is 0 Å². The highest BCUT2D eigenvalue weighted by Crippen LogP contribution is 2.33. The van der Waals surface area contributed by atoms with E-state index in [1.54, 1.807) is 17.2 Å². The first kappa shape index (κ1) is 16.5. The molecule has 3 saturated heterocycles. The van der Waals surface area contributed by atoms with Crippen LogP contribution >= 0.6 is 11.8 Å².